The van der Waals surface area contributed by atoms with Crippen molar-refractivity contribution in [1.29, 1.82) is 0 Å². The van der Waals surface area contributed by atoms with Crippen molar-refractivity contribution in [2.75, 3.05) is 14.2 Å². The van der Waals surface area contributed by atoms with E-state index in [0.717, 1.165) is 24.8 Å². The smallest absolute Gasteiger partial charge is 0.330 e. The lowest BCUT2D eigenvalue weighted by molar-refractivity contribution is -0.135. The molecule has 0 aromatic carbocycles. The largest absolute Gasteiger partial charge is 0.466 e. The minimum atomic E-state index is -0.279. The summed E-state index contributed by atoms with van der Waals surface area (Å²) in [5, 5.41) is 0. The number of carbonyl (C=O) groups excluding carboxylic acids is 1. The number of hydrogen-bond acceptors (Lipinski definition) is 3. The van der Waals surface area contributed by atoms with Gasteiger partial charge in [-0.1, -0.05) is 6.42 Å². The van der Waals surface area contributed by atoms with Crippen LogP contribution in [-0.4, -0.2) is 26.3 Å². The van der Waals surface area contributed by atoms with Crippen LogP contribution in [0.3, 0.4) is 0 Å². The molecule has 3 heteroatoms. The first-order valence-corrected chi connectivity index (χ1v) is 4.59. The Kier molecular flexibility index (Phi) is 3.96. The number of esters is 1. The van der Waals surface area contributed by atoms with Crippen LogP contribution in [0.25, 0.3) is 0 Å². The van der Waals surface area contributed by atoms with Crippen molar-refractivity contribution < 1.29 is 14.3 Å². The fourth-order valence-electron chi connectivity index (χ4n) is 1.65. The highest BCUT2D eigenvalue weighted by Gasteiger charge is 2.18. The molecule has 0 N–H and O–H groups in total. The zero-order valence-corrected chi connectivity index (χ0v) is 8.21. The Labute approximate surface area is 78.7 Å². The predicted octanol–water partition coefficient (Wildman–Crippen LogP) is 1.67. The van der Waals surface area contributed by atoms with Crippen molar-refractivity contribution in [3.63, 3.8) is 0 Å². The minimum Gasteiger partial charge on any atom is -0.466 e. The van der Waals surface area contributed by atoms with Gasteiger partial charge >= 0.3 is 5.97 Å². The zero-order chi connectivity index (χ0) is 9.68. The van der Waals surface area contributed by atoms with Crippen LogP contribution >= 0.6 is 0 Å². The number of rotatable bonds is 2. The van der Waals surface area contributed by atoms with E-state index < -0.39 is 0 Å². The van der Waals surface area contributed by atoms with Crippen molar-refractivity contribution in [3.05, 3.63) is 11.6 Å². The van der Waals surface area contributed by atoms with Crippen molar-refractivity contribution >= 4 is 5.97 Å². The van der Waals surface area contributed by atoms with E-state index >= 15 is 0 Å². The number of ether oxygens (including phenoxy) is 2. The zero-order valence-electron chi connectivity index (χ0n) is 8.21. The molecule has 0 bridgehead atoms. The van der Waals surface area contributed by atoms with Gasteiger partial charge in [0.15, 0.2) is 0 Å². The van der Waals surface area contributed by atoms with Gasteiger partial charge in [0.2, 0.25) is 0 Å². The molecule has 0 aromatic rings. The summed E-state index contributed by atoms with van der Waals surface area (Å²) >= 11 is 0. The molecule has 1 unspecified atom stereocenters. The van der Waals surface area contributed by atoms with Crippen molar-refractivity contribution in [2.45, 2.75) is 31.8 Å². The third-order valence-corrected chi connectivity index (χ3v) is 2.38. The van der Waals surface area contributed by atoms with Crippen molar-refractivity contribution in [2.24, 2.45) is 0 Å². The van der Waals surface area contributed by atoms with E-state index in [1.54, 1.807) is 13.2 Å². The van der Waals surface area contributed by atoms with Gasteiger partial charge in [-0.25, -0.2) is 4.79 Å². The SMILES string of the molecule is COC(=O)/C=C1/CCCCC1OC. The van der Waals surface area contributed by atoms with Crippen LogP contribution in [-0.2, 0) is 14.3 Å². The topological polar surface area (TPSA) is 35.5 Å². The molecular weight excluding hydrogens is 168 g/mol. The molecule has 13 heavy (non-hydrogen) atoms. The van der Waals surface area contributed by atoms with Gasteiger partial charge in [0.05, 0.1) is 13.2 Å². The summed E-state index contributed by atoms with van der Waals surface area (Å²) in [5.41, 5.74) is 1.07. The Hall–Kier alpha value is -0.830. The van der Waals surface area contributed by atoms with E-state index in [4.69, 9.17) is 4.74 Å². The highest BCUT2D eigenvalue weighted by molar-refractivity contribution is 5.82. The van der Waals surface area contributed by atoms with Gasteiger partial charge < -0.3 is 9.47 Å². The summed E-state index contributed by atoms with van der Waals surface area (Å²) < 4.78 is 9.85. The molecule has 0 saturated heterocycles. The fourth-order valence-corrected chi connectivity index (χ4v) is 1.65. The van der Waals surface area contributed by atoms with Crippen LogP contribution in [0, 0.1) is 0 Å². The monoisotopic (exact) mass is 184 g/mol. The highest BCUT2D eigenvalue weighted by atomic mass is 16.5. The maximum absolute atomic E-state index is 11.0. The van der Waals surface area contributed by atoms with E-state index in [9.17, 15) is 4.79 Å². The first kappa shape index (κ1) is 10.3. The molecule has 74 valence electrons. The summed E-state index contributed by atoms with van der Waals surface area (Å²) in [6.07, 6.45) is 5.97. The van der Waals surface area contributed by atoms with Crippen LogP contribution in [0.5, 0.6) is 0 Å². The minimum absolute atomic E-state index is 0.118. The second kappa shape index (κ2) is 5.02. The lowest BCUT2D eigenvalue weighted by Crippen LogP contribution is -2.19. The standard InChI is InChI=1S/C10H16O3/c1-12-9-6-4-3-5-8(9)7-10(11)13-2/h7,9H,3-6H2,1-2H3/b8-7-. The van der Waals surface area contributed by atoms with Crippen LogP contribution in [0.4, 0.5) is 0 Å². The Morgan fingerprint density at radius 1 is 1.46 bits per heavy atom. The quantitative estimate of drug-likeness (QED) is 0.484. The van der Waals surface area contributed by atoms with Gasteiger partial charge in [-0.3, -0.25) is 0 Å². The molecule has 1 aliphatic carbocycles. The van der Waals surface area contributed by atoms with Crippen LogP contribution < -0.4 is 0 Å². The normalized spacial score (nSPS) is 26.0. The van der Waals surface area contributed by atoms with Gasteiger partial charge in [-0.15, -0.1) is 0 Å². The third kappa shape index (κ3) is 2.84. The third-order valence-electron chi connectivity index (χ3n) is 2.38. The lowest BCUT2D eigenvalue weighted by atomic mass is 9.92. The lowest BCUT2D eigenvalue weighted by Gasteiger charge is -2.23. The highest BCUT2D eigenvalue weighted by Crippen LogP contribution is 2.25. The molecule has 1 atom stereocenters. The van der Waals surface area contributed by atoms with E-state index in [0.29, 0.717) is 0 Å². The molecule has 1 aliphatic rings. The van der Waals surface area contributed by atoms with Gasteiger partial charge in [-0.05, 0) is 24.8 Å². The molecule has 0 spiro atoms. The fraction of sp³-hybridized carbons (Fsp3) is 0.700. The van der Waals surface area contributed by atoms with Gasteiger partial charge in [0, 0.05) is 13.2 Å². The predicted molar refractivity (Wildman–Crippen MR) is 49.4 cm³/mol. The average Bonchev–Trinajstić information content (AvgIpc) is 2.18. The van der Waals surface area contributed by atoms with Crippen molar-refractivity contribution in [1.82, 2.24) is 0 Å². The summed E-state index contributed by atoms with van der Waals surface area (Å²) in [6.45, 7) is 0. The number of carbonyl (C=O) groups is 1. The van der Waals surface area contributed by atoms with E-state index in [-0.39, 0.29) is 12.1 Å². The molecule has 1 rings (SSSR count). The Morgan fingerprint density at radius 3 is 2.85 bits per heavy atom. The van der Waals surface area contributed by atoms with Crippen LogP contribution in [0.2, 0.25) is 0 Å². The van der Waals surface area contributed by atoms with E-state index in [1.165, 1.54) is 13.5 Å². The second-order valence-electron chi connectivity index (χ2n) is 3.21. The summed E-state index contributed by atoms with van der Waals surface area (Å²) in [4.78, 5) is 11.0. The van der Waals surface area contributed by atoms with Gasteiger partial charge in [-0.2, -0.15) is 0 Å². The molecule has 0 aromatic heterocycles. The Morgan fingerprint density at radius 2 is 2.23 bits per heavy atom. The first-order valence-electron chi connectivity index (χ1n) is 4.59. The molecule has 0 heterocycles. The van der Waals surface area contributed by atoms with Crippen LogP contribution in [0.15, 0.2) is 11.6 Å². The maximum atomic E-state index is 11.0. The number of hydrogen-bond donors (Lipinski definition) is 0. The Balaban J connectivity index is 2.63. The molecule has 1 fully saturated rings. The summed E-state index contributed by atoms with van der Waals surface area (Å²) in [6, 6.07) is 0. The molecule has 0 aliphatic heterocycles. The number of methoxy groups -OCH3 is 2. The second-order valence-corrected chi connectivity index (χ2v) is 3.21. The molecule has 3 nitrogen and oxygen atoms in total. The molecule has 0 amide bonds. The van der Waals surface area contributed by atoms with E-state index in [1.807, 2.05) is 0 Å². The van der Waals surface area contributed by atoms with Crippen LogP contribution in [0.1, 0.15) is 25.7 Å². The summed E-state index contributed by atoms with van der Waals surface area (Å²) in [5.74, 6) is -0.279. The van der Waals surface area contributed by atoms with Gasteiger partial charge in [0.25, 0.3) is 0 Å². The first-order chi connectivity index (χ1) is 6.27. The summed E-state index contributed by atoms with van der Waals surface area (Å²) in [7, 11) is 3.07. The van der Waals surface area contributed by atoms with E-state index in [2.05, 4.69) is 4.74 Å². The van der Waals surface area contributed by atoms with Crippen molar-refractivity contribution in [3.8, 4) is 0 Å². The molecule has 1 saturated carbocycles. The van der Waals surface area contributed by atoms with Gasteiger partial charge in [0.1, 0.15) is 0 Å². The average molecular weight is 184 g/mol. The molecular formula is C10H16O3. The molecule has 0 radical (unpaired) electrons. The maximum Gasteiger partial charge on any atom is 0.330 e. The Bertz CT molecular complexity index is 208.